The fourth-order valence-corrected chi connectivity index (χ4v) is 3.47. The van der Waals surface area contributed by atoms with Crippen LogP contribution in [0, 0.1) is 0 Å². The van der Waals surface area contributed by atoms with E-state index < -0.39 is 12.1 Å². The van der Waals surface area contributed by atoms with Crippen LogP contribution in [-0.2, 0) is 6.42 Å². The Morgan fingerprint density at radius 2 is 1.80 bits per heavy atom. The highest BCUT2D eigenvalue weighted by Crippen LogP contribution is 2.24. The zero-order valence-electron chi connectivity index (χ0n) is 16.5. The van der Waals surface area contributed by atoms with Crippen LogP contribution in [-0.4, -0.2) is 29.3 Å². The third kappa shape index (κ3) is 5.57. The Balaban J connectivity index is 1.55. The van der Waals surface area contributed by atoms with Crippen molar-refractivity contribution >= 4 is 23.6 Å². The molecule has 154 valence electrons. The maximum absolute atomic E-state index is 11.3. The summed E-state index contributed by atoms with van der Waals surface area (Å²) in [5, 5.41) is 23.4. The van der Waals surface area contributed by atoms with E-state index in [4.69, 9.17) is 11.6 Å². The number of aliphatic hydroxyl groups is 1. The summed E-state index contributed by atoms with van der Waals surface area (Å²) in [5.41, 5.74) is 4.79. The molecule has 5 heteroatoms. The third-order valence-electron chi connectivity index (χ3n) is 4.95. The normalized spacial score (nSPS) is 11.8. The molecule has 0 saturated heterocycles. The van der Waals surface area contributed by atoms with Gasteiger partial charge in [0, 0.05) is 11.6 Å². The van der Waals surface area contributed by atoms with E-state index in [1.54, 1.807) is 24.3 Å². The number of rotatable bonds is 9. The molecule has 3 rings (SSSR count). The zero-order valence-corrected chi connectivity index (χ0v) is 17.3. The summed E-state index contributed by atoms with van der Waals surface area (Å²) in [5.74, 6) is -0.959. The predicted molar refractivity (Wildman–Crippen MR) is 122 cm³/mol. The van der Waals surface area contributed by atoms with Gasteiger partial charge in [-0.2, -0.15) is 0 Å². The molecule has 1 atom stereocenters. The highest BCUT2D eigenvalue weighted by molar-refractivity contribution is 6.30. The van der Waals surface area contributed by atoms with Crippen LogP contribution in [0.4, 0.5) is 0 Å². The van der Waals surface area contributed by atoms with Gasteiger partial charge in [0.15, 0.2) is 0 Å². The molecule has 0 aliphatic heterocycles. The minimum atomic E-state index is -0.959. The molecule has 0 unspecified atom stereocenters. The van der Waals surface area contributed by atoms with Crippen molar-refractivity contribution in [3.63, 3.8) is 0 Å². The quantitative estimate of drug-likeness (QED) is 0.414. The van der Waals surface area contributed by atoms with E-state index in [1.807, 2.05) is 36.4 Å². The maximum atomic E-state index is 11.3. The van der Waals surface area contributed by atoms with E-state index in [-0.39, 0.29) is 5.56 Å². The number of hydrogen-bond donors (Lipinski definition) is 3. The standard InChI is InChI=1S/C25H24ClNO3/c1-2-18-14-20(10-11-23(18)25(29)30)19-8-6-17(7-9-19)12-13-27-16-24(28)21-4-3-5-22(26)15-21/h2-11,14-15,24,27-28H,1,12-13,16H2,(H,29,30)/t24-/m0/s1. The molecule has 3 aromatic carbocycles. The van der Waals surface area contributed by atoms with Crippen LogP contribution in [0.15, 0.2) is 73.3 Å². The van der Waals surface area contributed by atoms with Crippen LogP contribution in [0.2, 0.25) is 5.02 Å². The fourth-order valence-electron chi connectivity index (χ4n) is 3.27. The van der Waals surface area contributed by atoms with Crippen molar-refractivity contribution < 1.29 is 15.0 Å². The van der Waals surface area contributed by atoms with E-state index in [0.29, 0.717) is 17.1 Å². The molecular formula is C25H24ClNO3. The van der Waals surface area contributed by atoms with Crippen LogP contribution in [0.5, 0.6) is 0 Å². The number of halogens is 1. The van der Waals surface area contributed by atoms with Crippen LogP contribution >= 0.6 is 11.6 Å². The summed E-state index contributed by atoms with van der Waals surface area (Å²) in [7, 11) is 0. The number of nitrogens with one attached hydrogen (secondary N) is 1. The molecule has 0 amide bonds. The molecule has 4 nitrogen and oxygen atoms in total. The van der Waals surface area contributed by atoms with Crippen molar-refractivity contribution in [3.8, 4) is 11.1 Å². The monoisotopic (exact) mass is 421 g/mol. The van der Waals surface area contributed by atoms with Crippen molar-refractivity contribution in [1.29, 1.82) is 0 Å². The van der Waals surface area contributed by atoms with Crippen molar-refractivity contribution in [3.05, 3.63) is 101 Å². The summed E-state index contributed by atoms with van der Waals surface area (Å²) < 4.78 is 0. The van der Waals surface area contributed by atoms with E-state index in [2.05, 4.69) is 24.0 Å². The number of benzene rings is 3. The topological polar surface area (TPSA) is 69.6 Å². The lowest BCUT2D eigenvalue weighted by Crippen LogP contribution is -2.23. The Morgan fingerprint density at radius 1 is 1.07 bits per heavy atom. The third-order valence-corrected chi connectivity index (χ3v) is 5.19. The molecule has 0 spiro atoms. The molecule has 3 aromatic rings. The van der Waals surface area contributed by atoms with Crippen molar-refractivity contribution in [1.82, 2.24) is 5.32 Å². The Hall–Kier alpha value is -2.92. The Kier molecular flexibility index (Phi) is 7.41. The molecular weight excluding hydrogens is 398 g/mol. The van der Waals surface area contributed by atoms with Crippen molar-refractivity contribution in [2.24, 2.45) is 0 Å². The lowest BCUT2D eigenvalue weighted by molar-refractivity contribution is 0.0696. The van der Waals surface area contributed by atoms with E-state index >= 15 is 0 Å². The van der Waals surface area contributed by atoms with Crippen molar-refractivity contribution in [2.45, 2.75) is 12.5 Å². The second-order valence-electron chi connectivity index (χ2n) is 7.03. The number of aliphatic hydroxyl groups excluding tert-OH is 1. The first-order valence-electron chi connectivity index (χ1n) is 9.71. The predicted octanol–water partition coefficient (Wildman–Crippen LogP) is 5.21. The molecule has 0 aromatic heterocycles. The largest absolute Gasteiger partial charge is 0.478 e. The summed E-state index contributed by atoms with van der Waals surface area (Å²) in [6.07, 6.45) is 1.79. The minimum absolute atomic E-state index is 0.247. The number of carboxylic acids is 1. The number of aromatic carboxylic acids is 1. The fraction of sp³-hybridized carbons (Fsp3) is 0.160. The van der Waals surface area contributed by atoms with Gasteiger partial charge in [-0.05, 0) is 65.0 Å². The Bertz CT molecular complexity index is 1030. The number of carbonyl (C=O) groups is 1. The second kappa shape index (κ2) is 10.2. The summed E-state index contributed by atoms with van der Waals surface area (Å²) in [4.78, 5) is 11.3. The molecule has 0 aliphatic carbocycles. The second-order valence-corrected chi connectivity index (χ2v) is 7.47. The molecule has 0 fully saturated rings. The van der Waals surface area contributed by atoms with Gasteiger partial charge in [-0.25, -0.2) is 4.79 Å². The maximum Gasteiger partial charge on any atom is 0.336 e. The smallest absolute Gasteiger partial charge is 0.336 e. The Labute approximate surface area is 181 Å². The first-order valence-corrected chi connectivity index (χ1v) is 10.1. The van der Waals surface area contributed by atoms with Gasteiger partial charge in [0.25, 0.3) is 0 Å². The van der Waals surface area contributed by atoms with Gasteiger partial charge in [0.05, 0.1) is 11.7 Å². The molecule has 0 radical (unpaired) electrons. The van der Waals surface area contributed by atoms with Crippen molar-refractivity contribution in [2.75, 3.05) is 13.1 Å². The van der Waals surface area contributed by atoms with Crippen LogP contribution in [0.1, 0.15) is 33.2 Å². The lowest BCUT2D eigenvalue weighted by atomic mass is 9.98. The lowest BCUT2D eigenvalue weighted by Gasteiger charge is -2.13. The minimum Gasteiger partial charge on any atom is -0.478 e. The molecule has 0 bridgehead atoms. The molecule has 30 heavy (non-hydrogen) atoms. The first-order chi connectivity index (χ1) is 14.5. The van der Waals surface area contributed by atoms with E-state index in [0.717, 1.165) is 29.7 Å². The Morgan fingerprint density at radius 3 is 2.47 bits per heavy atom. The summed E-state index contributed by atoms with van der Waals surface area (Å²) in [6.45, 7) is 4.90. The summed E-state index contributed by atoms with van der Waals surface area (Å²) >= 11 is 5.96. The highest BCUT2D eigenvalue weighted by Gasteiger charge is 2.10. The SMILES string of the molecule is C=Cc1cc(-c2ccc(CCNC[C@H](O)c3cccc(Cl)c3)cc2)ccc1C(=O)O. The van der Waals surface area contributed by atoms with Gasteiger partial charge in [-0.15, -0.1) is 0 Å². The van der Waals surface area contributed by atoms with Crippen LogP contribution < -0.4 is 5.32 Å². The summed E-state index contributed by atoms with van der Waals surface area (Å²) in [6, 6.07) is 20.7. The van der Waals surface area contributed by atoms with Crippen LogP contribution in [0.3, 0.4) is 0 Å². The molecule has 0 heterocycles. The van der Waals surface area contributed by atoms with Gasteiger partial charge in [-0.3, -0.25) is 0 Å². The zero-order chi connectivity index (χ0) is 21.5. The molecule has 3 N–H and O–H groups in total. The average Bonchev–Trinajstić information content (AvgIpc) is 2.76. The van der Waals surface area contributed by atoms with Crippen LogP contribution in [0.25, 0.3) is 17.2 Å². The molecule has 0 saturated carbocycles. The van der Waals surface area contributed by atoms with Gasteiger partial charge in [0.1, 0.15) is 0 Å². The average molecular weight is 422 g/mol. The first kappa shape index (κ1) is 21.8. The van der Waals surface area contributed by atoms with Gasteiger partial charge in [-0.1, -0.05) is 66.7 Å². The van der Waals surface area contributed by atoms with Gasteiger partial charge >= 0.3 is 5.97 Å². The number of carboxylic acid groups (broad SMARTS) is 1. The van der Waals surface area contributed by atoms with Gasteiger partial charge in [0.2, 0.25) is 0 Å². The number of hydrogen-bond acceptors (Lipinski definition) is 3. The molecule has 0 aliphatic rings. The highest BCUT2D eigenvalue weighted by atomic mass is 35.5. The van der Waals surface area contributed by atoms with E-state index in [1.165, 1.54) is 5.56 Å². The van der Waals surface area contributed by atoms with E-state index in [9.17, 15) is 15.0 Å². The van der Waals surface area contributed by atoms with Gasteiger partial charge < -0.3 is 15.5 Å².